The number of nitrogens with zero attached hydrogens (tertiary/aromatic N) is 1. The predicted molar refractivity (Wildman–Crippen MR) is 152 cm³/mol. The average Bonchev–Trinajstić information content (AvgIpc) is 3.48. The molecule has 0 saturated heterocycles. The Morgan fingerprint density at radius 1 is 0.895 bits per heavy atom. The Morgan fingerprint density at radius 2 is 1.74 bits per heavy atom. The van der Waals surface area contributed by atoms with Crippen LogP contribution in [-0.2, 0) is 37.2 Å². The van der Waals surface area contributed by atoms with Gasteiger partial charge in [-0.25, -0.2) is 0 Å². The van der Waals surface area contributed by atoms with Crippen molar-refractivity contribution >= 4 is 33.3 Å². The van der Waals surface area contributed by atoms with Gasteiger partial charge in [0.25, 0.3) is 0 Å². The van der Waals surface area contributed by atoms with Crippen LogP contribution in [-0.4, -0.2) is 24.1 Å². The lowest BCUT2D eigenvalue weighted by Gasteiger charge is -2.25. The molecule has 0 unspecified atom stereocenters. The van der Waals surface area contributed by atoms with Gasteiger partial charge in [-0.05, 0) is 83.0 Å². The number of methoxy groups -OCH3 is 1. The van der Waals surface area contributed by atoms with E-state index in [0.29, 0.717) is 19.6 Å². The van der Waals surface area contributed by atoms with Gasteiger partial charge in [0.2, 0.25) is 0 Å². The SMILES string of the molecule is COc1ccc2c(c1)CCc1c-2c2c(c3c4cc(N)ccc4n(CCOCc4ccccc4)c13)CCC2=O. The van der Waals surface area contributed by atoms with Gasteiger partial charge in [-0.15, -0.1) is 0 Å². The molecule has 5 heteroatoms. The number of ether oxygens (including phenoxy) is 2. The number of anilines is 1. The summed E-state index contributed by atoms with van der Waals surface area (Å²) in [5.41, 5.74) is 17.5. The third kappa shape index (κ3) is 3.53. The molecule has 2 aliphatic carbocycles. The highest BCUT2D eigenvalue weighted by Gasteiger charge is 2.34. The fourth-order valence-corrected chi connectivity index (χ4v) is 6.56. The van der Waals surface area contributed by atoms with Gasteiger partial charge in [-0.1, -0.05) is 36.4 Å². The number of hydrogen-bond acceptors (Lipinski definition) is 4. The van der Waals surface area contributed by atoms with Gasteiger partial charge in [-0.2, -0.15) is 0 Å². The van der Waals surface area contributed by atoms with Crippen molar-refractivity contribution in [1.82, 2.24) is 4.57 Å². The molecule has 38 heavy (non-hydrogen) atoms. The Balaban J connectivity index is 1.43. The zero-order valence-electron chi connectivity index (χ0n) is 21.5. The molecule has 0 bridgehead atoms. The maximum Gasteiger partial charge on any atom is 0.164 e. The fraction of sp³-hybridized carbons (Fsp3) is 0.242. The molecule has 1 aromatic heterocycles. The molecule has 0 spiro atoms. The van der Waals surface area contributed by atoms with Crippen LogP contribution in [0.15, 0.2) is 66.7 Å². The van der Waals surface area contributed by atoms with Gasteiger partial charge in [0.1, 0.15) is 5.75 Å². The summed E-state index contributed by atoms with van der Waals surface area (Å²) in [6.07, 6.45) is 3.11. The highest BCUT2D eigenvalue weighted by molar-refractivity contribution is 6.20. The van der Waals surface area contributed by atoms with Crippen molar-refractivity contribution in [2.45, 2.75) is 38.8 Å². The minimum Gasteiger partial charge on any atom is -0.497 e. The Labute approximate surface area is 221 Å². The van der Waals surface area contributed by atoms with Gasteiger partial charge >= 0.3 is 0 Å². The van der Waals surface area contributed by atoms with Gasteiger partial charge < -0.3 is 19.8 Å². The molecule has 5 nitrogen and oxygen atoms in total. The number of Topliss-reactive ketones (excluding diaryl/α,β-unsaturated/α-hetero) is 1. The van der Waals surface area contributed by atoms with E-state index in [1.165, 1.54) is 33.2 Å². The second-order valence-corrected chi connectivity index (χ2v) is 10.3. The lowest BCUT2D eigenvalue weighted by Crippen LogP contribution is -2.13. The van der Waals surface area contributed by atoms with E-state index in [9.17, 15) is 4.79 Å². The smallest absolute Gasteiger partial charge is 0.164 e. The molecule has 0 amide bonds. The predicted octanol–water partition coefficient (Wildman–Crippen LogP) is 6.50. The molecule has 0 atom stereocenters. The van der Waals surface area contributed by atoms with Crippen molar-refractivity contribution in [3.8, 4) is 16.9 Å². The number of aromatic nitrogens is 1. The first-order valence-electron chi connectivity index (χ1n) is 13.4. The first kappa shape index (κ1) is 23.1. The van der Waals surface area contributed by atoms with Crippen LogP contribution in [0.2, 0.25) is 0 Å². The third-order valence-corrected chi connectivity index (χ3v) is 8.21. The number of nitrogens with two attached hydrogens (primary N) is 1. The number of nitrogen functional groups attached to an aromatic ring is 1. The first-order chi connectivity index (χ1) is 18.6. The van der Waals surface area contributed by atoms with E-state index in [1.54, 1.807) is 7.11 Å². The van der Waals surface area contributed by atoms with Crippen molar-refractivity contribution in [3.05, 3.63) is 94.5 Å². The zero-order valence-corrected chi connectivity index (χ0v) is 21.5. The minimum atomic E-state index is 0.248. The van der Waals surface area contributed by atoms with Crippen molar-refractivity contribution in [1.29, 1.82) is 0 Å². The molecular weight excluding hydrogens is 472 g/mol. The molecule has 0 fully saturated rings. The van der Waals surface area contributed by atoms with Crippen LogP contribution in [0, 0.1) is 0 Å². The standard InChI is InChI=1S/C33H30N2O3/c1-37-23-9-11-24-21(17-23)7-10-26-30(24)32-25(12-14-29(32)36)31-27-18-22(34)8-13-28(27)35(33(26)31)15-16-38-19-20-5-3-2-4-6-20/h2-6,8-9,11,13,17-18H,7,10,12,14-16,19,34H2,1H3. The van der Waals surface area contributed by atoms with Crippen LogP contribution in [0.3, 0.4) is 0 Å². The molecule has 1 heterocycles. The molecule has 2 N–H and O–H groups in total. The van der Waals surface area contributed by atoms with Crippen LogP contribution < -0.4 is 10.5 Å². The second kappa shape index (κ2) is 9.03. The number of ketones is 1. The van der Waals surface area contributed by atoms with Crippen LogP contribution in [0.1, 0.15) is 39.0 Å². The number of carbonyl (C=O) groups excluding carboxylic acids is 1. The molecule has 190 valence electrons. The Kier molecular flexibility index (Phi) is 5.48. The van der Waals surface area contributed by atoms with Gasteiger partial charge in [0.15, 0.2) is 5.78 Å². The summed E-state index contributed by atoms with van der Waals surface area (Å²) in [5, 5.41) is 2.34. The first-order valence-corrected chi connectivity index (χ1v) is 13.4. The van der Waals surface area contributed by atoms with E-state index in [4.69, 9.17) is 15.2 Å². The van der Waals surface area contributed by atoms with Crippen LogP contribution in [0.5, 0.6) is 5.75 Å². The van der Waals surface area contributed by atoms with E-state index >= 15 is 0 Å². The van der Waals surface area contributed by atoms with Crippen molar-refractivity contribution < 1.29 is 14.3 Å². The quantitative estimate of drug-likeness (QED) is 0.213. The number of fused-ring (bicyclic) bond motifs is 10. The van der Waals surface area contributed by atoms with Crippen LogP contribution >= 0.6 is 0 Å². The maximum atomic E-state index is 13.4. The molecule has 4 aromatic carbocycles. The van der Waals surface area contributed by atoms with E-state index in [1.807, 2.05) is 30.3 Å². The molecular formula is C33H30N2O3. The topological polar surface area (TPSA) is 66.5 Å². The van der Waals surface area contributed by atoms with Gasteiger partial charge in [0.05, 0.1) is 25.8 Å². The van der Waals surface area contributed by atoms with E-state index in [0.717, 1.165) is 64.8 Å². The number of carbonyl (C=O) groups is 1. The van der Waals surface area contributed by atoms with E-state index in [-0.39, 0.29) is 5.78 Å². The van der Waals surface area contributed by atoms with Crippen LogP contribution in [0.25, 0.3) is 32.9 Å². The number of aryl methyl sites for hydroxylation is 3. The van der Waals surface area contributed by atoms with Crippen molar-refractivity contribution in [3.63, 3.8) is 0 Å². The highest BCUT2D eigenvalue weighted by atomic mass is 16.5. The number of benzene rings is 4. The van der Waals surface area contributed by atoms with Gasteiger partial charge in [-0.3, -0.25) is 4.79 Å². The molecule has 0 saturated carbocycles. The summed E-state index contributed by atoms with van der Waals surface area (Å²) < 4.78 is 14.1. The number of rotatable bonds is 6. The maximum absolute atomic E-state index is 13.4. The van der Waals surface area contributed by atoms with Gasteiger partial charge in [0, 0.05) is 40.5 Å². The summed E-state index contributed by atoms with van der Waals surface area (Å²) in [7, 11) is 1.70. The van der Waals surface area contributed by atoms with Crippen molar-refractivity contribution in [2.75, 3.05) is 19.5 Å². The highest BCUT2D eigenvalue weighted by Crippen LogP contribution is 2.48. The molecule has 7 rings (SSSR count). The number of hydrogen-bond donors (Lipinski definition) is 1. The Morgan fingerprint density at radius 3 is 2.58 bits per heavy atom. The molecule has 0 radical (unpaired) electrons. The molecule has 2 aliphatic rings. The summed E-state index contributed by atoms with van der Waals surface area (Å²) >= 11 is 0. The zero-order chi connectivity index (χ0) is 25.8. The Bertz CT molecular complexity index is 1730. The summed E-state index contributed by atoms with van der Waals surface area (Å²) in [6, 6.07) is 22.7. The third-order valence-electron chi connectivity index (χ3n) is 8.21. The largest absolute Gasteiger partial charge is 0.497 e. The lowest BCUT2D eigenvalue weighted by atomic mass is 9.80. The fourth-order valence-electron chi connectivity index (χ4n) is 6.56. The minimum absolute atomic E-state index is 0.248. The summed E-state index contributed by atoms with van der Waals surface area (Å²) in [6.45, 7) is 1.91. The molecule has 5 aromatic rings. The normalized spacial score (nSPS) is 14.1. The summed E-state index contributed by atoms with van der Waals surface area (Å²) in [5.74, 6) is 1.11. The van der Waals surface area contributed by atoms with Crippen LogP contribution in [0.4, 0.5) is 5.69 Å². The average molecular weight is 503 g/mol. The monoisotopic (exact) mass is 502 g/mol. The van der Waals surface area contributed by atoms with Crippen molar-refractivity contribution in [2.24, 2.45) is 0 Å². The Hall–Kier alpha value is -4.09. The van der Waals surface area contributed by atoms with E-state index in [2.05, 4.69) is 41.0 Å². The molecule has 0 aliphatic heterocycles. The van der Waals surface area contributed by atoms with E-state index < -0.39 is 0 Å². The second-order valence-electron chi connectivity index (χ2n) is 10.3. The summed E-state index contributed by atoms with van der Waals surface area (Å²) in [4.78, 5) is 13.4. The lowest BCUT2D eigenvalue weighted by molar-refractivity contribution is 0.0995.